The van der Waals surface area contributed by atoms with Gasteiger partial charge in [0.1, 0.15) is 12.1 Å². The number of pyridine rings is 1. The van der Waals surface area contributed by atoms with Crippen molar-refractivity contribution in [3.8, 4) is 28.6 Å². The highest BCUT2D eigenvalue weighted by Gasteiger charge is 2.33. The molecule has 4 aromatic rings. The summed E-state index contributed by atoms with van der Waals surface area (Å²) in [6.07, 6.45) is 4.57. The van der Waals surface area contributed by atoms with Gasteiger partial charge in [-0.3, -0.25) is 14.5 Å². The van der Waals surface area contributed by atoms with Crippen LogP contribution in [-0.4, -0.2) is 56.1 Å². The fourth-order valence-electron chi connectivity index (χ4n) is 5.89. The minimum atomic E-state index is -0.183. The highest BCUT2D eigenvalue weighted by Crippen LogP contribution is 2.43. The lowest BCUT2D eigenvalue weighted by molar-refractivity contribution is -0.128. The van der Waals surface area contributed by atoms with Crippen molar-refractivity contribution in [3.05, 3.63) is 82.8 Å². The molecule has 2 aliphatic heterocycles. The Morgan fingerprint density at radius 1 is 1.00 bits per heavy atom. The van der Waals surface area contributed by atoms with Crippen molar-refractivity contribution >= 4 is 17.6 Å². The Kier molecular flexibility index (Phi) is 6.32. The van der Waals surface area contributed by atoms with Crippen molar-refractivity contribution in [3.63, 3.8) is 0 Å². The van der Waals surface area contributed by atoms with Crippen LogP contribution < -0.4 is 10.2 Å². The summed E-state index contributed by atoms with van der Waals surface area (Å²) in [6.45, 7) is 1.72. The van der Waals surface area contributed by atoms with Crippen LogP contribution in [0.25, 0.3) is 22.5 Å². The number of hydrogen-bond donors (Lipinski definition) is 1. The number of likely N-dealkylation sites (tertiary alicyclic amines) is 1. The molecular formula is C32H30N8O2. The number of rotatable bonds is 7. The predicted molar refractivity (Wildman–Crippen MR) is 156 cm³/mol. The van der Waals surface area contributed by atoms with Gasteiger partial charge in [-0.15, -0.1) is 10.2 Å². The van der Waals surface area contributed by atoms with E-state index in [2.05, 4.69) is 27.6 Å². The molecule has 2 amide bonds. The van der Waals surface area contributed by atoms with Crippen LogP contribution in [0.2, 0.25) is 0 Å². The highest BCUT2D eigenvalue weighted by molar-refractivity contribution is 6.10. The molecule has 4 heterocycles. The van der Waals surface area contributed by atoms with Gasteiger partial charge < -0.3 is 14.8 Å². The number of aromatic nitrogens is 4. The van der Waals surface area contributed by atoms with Crippen LogP contribution >= 0.6 is 0 Å². The number of nitrogens with one attached hydrogen (secondary N) is 1. The summed E-state index contributed by atoms with van der Waals surface area (Å²) in [6, 6.07) is 17.6. The SMILES string of the molecule is CN1CC[C@@H](NCc2ccc3c(c2)C(=O)N(c2cc(-c4ccc(C#N)cc4-c4nncn4C)cc(C4CC4)n2)C3)C1=O. The lowest BCUT2D eigenvalue weighted by Crippen LogP contribution is -2.36. The average Bonchev–Trinajstić information content (AvgIpc) is 3.60. The Morgan fingerprint density at radius 2 is 1.86 bits per heavy atom. The number of carbonyl (C=O) groups is 2. The summed E-state index contributed by atoms with van der Waals surface area (Å²) in [7, 11) is 3.70. The molecule has 1 saturated heterocycles. The summed E-state index contributed by atoms with van der Waals surface area (Å²) in [5.74, 6) is 1.67. The van der Waals surface area contributed by atoms with Crippen LogP contribution in [0.3, 0.4) is 0 Å². The fourth-order valence-corrected chi connectivity index (χ4v) is 5.89. The van der Waals surface area contributed by atoms with Crippen LogP contribution in [0.5, 0.6) is 0 Å². The summed E-state index contributed by atoms with van der Waals surface area (Å²) in [5, 5.41) is 21.3. The molecule has 210 valence electrons. The zero-order valence-electron chi connectivity index (χ0n) is 23.5. The topological polar surface area (TPSA) is 120 Å². The standard InChI is InChI=1S/C32H30N8O2/c1-38-10-9-27(32(38)42)34-16-20-3-5-22-17-40(31(41)25(22)12-20)29-14-23(13-28(36-29)21-6-7-21)24-8-4-19(15-33)11-26(24)30-37-35-18-39(30)2/h3-5,8,11-14,18,21,27,34H,6-7,9-10,16-17H2,1-2H3/t27-/m1/s1. The molecule has 10 nitrogen and oxygen atoms in total. The third-order valence-electron chi connectivity index (χ3n) is 8.47. The van der Waals surface area contributed by atoms with Gasteiger partial charge >= 0.3 is 0 Å². The smallest absolute Gasteiger partial charge is 0.260 e. The quantitative estimate of drug-likeness (QED) is 0.367. The third kappa shape index (κ3) is 4.62. The van der Waals surface area contributed by atoms with Crippen LogP contribution in [-0.2, 0) is 24.9 Å². The first-order valence-corrected chi connectivity index (χ1v) is 14.2. The van der Waals surface area contributed by atoms with E-state index in [9.17, 15) is 14.9 Å². The van der Waals surface area contributed by atoms with Crippen molar-refractivity contribution < 1.29 is 9.59 Å². The lowest BCUT2D eigenvalue weighted by Gasteiger charge is -2.18. The van der Waals surface area contributed by atoms with E-state index in [0.29, 0.717) is 41.8 Å². The van der Waals surface area contributed by atoms with Gasteiger partial charge in [0.05, 0.1) is 24.2 Å². The van der Waals surface area contributed by atoms with Crippen molar-refractivity contribution in [2.45, 2.75) is 44.3 Å². The fraction of sp³-hybridized carbons (Fsp3) is 0.312. The summed E-state index contributed by atoms with van der Waals surface area (Å²) < 4.78 is 1.83. The highest BCUT2D eigenvalue weighted by atomic mass is 16.2. The number of nitrogens with zero attached hydrogens (tertiary/aromatic N) is 7. The molecule has 10 heteroatoms. The molecule has 1 atom stereocenters. The number of nitriles is 1. The number of aryl methyl sites for hydroxylation is 1. The number of hydrogen-bond acceptors (Lipinski definition) is 7. The van der Waals surface area contributed by atoms with Gasteiger partial charge in [0.15, 0.2) is 5.82 Å². The number of anilines is 1. The third-order valence-corrected chi connectivity index (χ3v) is 8.47. The molecule has 0 unspecified atom stereocenters. The molecule has 2 aromatic carbocycles. The normalized spacial score (nSPS) is 18.1. The molecule has 2 aromatic heterocycles. The molecule has 7 rings (SSSR count). The first-order chi connectivity index (χ1) is 20.4. The second-order valence-corrected chi connectivity index (χ2v) is 11.4. The number of carbonyl (C=O) groups excluding carboxylic acids is 2. The minimum Gasteiger partial charge on any atom is -0.344 e. The molecule has 0 radical (unpaired) electrons. The van der Waals surface area contributed by atoms with Crippen molar-refractivity contribution in [1.29, 1.82) is 5.26 Å². The first kappa shape index (κ1) is 26.0. The minimum absolute atomic E-state index is 0.0803. The second-order valence-electron chi connectivity index (χ2n) is 11.4. The van der Waals surface area contributed by atoms with Gasteiger partial charge in [-0.25, -0.2) is 4.98 Å². The summed E-state index contributed by atoms with van der Waals surface area (Å²) >= 11 is 0. The van der Waals surface area contributed by atoms with Gasteiger partial charge in [-0.2, -0.15) is 5.26 Å². The number of fused-ring (bicyclic) bond motifs is 1. The Labute approximate surface area is 243 Å². The van der Waals surface area contributed by atoms with E-state index in [1.54, 1.807) is 22.2 Å². The number of likely N-dealkylation sites (N-methyl/N-ethyl adjacent to an activating group) is 1. The average molecular weight is 559 g/mol. The second kappa shape index (κ2) is 10.2. The largest absolute Gasteiger partial charge is 0.344 e. The van der Waals surface area contributed by atoms with Gasteiger partial charge in [-0.1, -0.05) is 18.2 Å². The monoisotopic (exact) mass is 558 g/mol. The van der Waals surface area contributed by atoms with E-state index < -0.39 is 0 Å². The van der Waals surface area contributed by atoms with E-state index in [1.807, 2.05) is 55.1 Å². The Hall–Kier alpha value is -4.88. The van der Waals surface area contributed by atoms with Gasteiger partial charge in [-0.05, 0) is 71.8 Å². The first-order valence-electron chi connectivity index (χ1n) is 14.2. The molecule has 0 spiro atoms. The zero-order chi connectivity index (χ0) is 29.0. The van der Waals surface area contributed by atoms with E-state index >= 15 is 0 Å². The Balaban J connectivity index is 1.21. The Bertz CT molecular complexity index is 1780. The molecule has 42 heavy (non-hydrogen) atoms. The molecule has 0 bridgehead atoms. The van der Waals surface area contributed by atoms with Gasteiger partial charge in [0.2, 0.25) is 5.91 Å². The maximum Gasteiger partial charge on any atom is 0.260 e. The van der Waals surface area contributed by atoms with E-state index in [1.165, 1.54) is 0 Å². The molecule has 3 aliphatic rings. The zero-order valence-corrected chi connectivity index (χ0v) is 23.5. The van der Waals surface area contributed by atoms with E-state index in [-0.39, 0.29) is 17.9 Å². The molecule has 1 aliphatic carbocycles. The van der Waals surface area contributed by atoms with Crippen molar-refractivity contribution in [2.75, 3.05) is 18.5 Å². The van der Waals surface area contributed by atoms with Crippen LogP contribution in [0, 0.1) is 11.3 Å². The predicted octanol–water partition coefficient (Wildman–Crippen LogP) is 3.77. The van der Waals surface area contributed by atoms with Crippen LogP contribution in [0.15, 0.2) is 54.9 Å². The Morgan fingerprint density at radius 3 is 2.57 bits per heavy atom. The van der Waals surface area contributed by atoms with Gasteiger partial charge in [0, 0.05) is 49.9 Å². The van der Waals surface area contributed by atoms with E-state index in [0.717, 1.165) is 59.3 Å². The summed E-state index contributed by atoms with van der Waals surface area (Å²) in [4.78, 5) is 34.5. The molecule has 2 fully saturated rings. The van der Waals surface area contributed by atoms with Gasteiger partial charge in [0.25, 0.3) is 5.91 Å². The molecular weight excluding hydrogens is 528 g/mol. The lowest BCUT2D eigenvalue weighted by atomic mass is 9.96. The van der Waals surface area contributed by atoms with Crippen LogP contribution in [0.4, 0.5) is 5.82 Å². The maximum absolute atomic E-state index is 13.8. The van der Waals surface area contributed by atoms with Crippen LogP contribution in [0.1, 0.15) is 57.9 Å². The molecule has 1 N–H and O–H groups in total. The maximum atomic E-state index is 13.8. The number of amides is 2. The number of benzene rings is 2. The van der Waals surface area contributed by atoms with Crippen molar-refractivity contribution in [2.24, 2.45) is 7.05 Å². The van der Waals surface area contributed by atoms with E-state index in [4.69, 9.17) is 4.98 Å². The molecule has 1 saturated carbocycles. The van der Waals surface area contributed by atoms with Crippen molar-refractivity contribution in [1.82, 2.24) is 30.0 Å². The summed E-state index contributed by atoms with van der Waals surface area (Å²) in [5.41, 5.74) is 6.72.